The molecule has 5 N–H and O–H groups in total. The van der Waals surface area contributed by atoms with E-state index in [1.807, 2.05) is 123 Å². The van der Waals surface area contributed by atoms with Crippen LogP contribution in [0.1, 0.15) is 101 Å². The van der Waals surface area contributed by atoms with E-state index in [-0.39, 0.29) is 25.8 Å². The van der Waals surface area contributed by atoms with Crippen molar-refractivity contribution in [2.75, 3.05) is 13.1 Å². The van der Waals surface area contributed by atoms with E-state index in [0.29, 0.717) is 37.4 Å². The first kappa shape index (κ1) is 59.5. The van der Waals surface area contributed by atoms with Crippen LogP contribution in [0.25, 0.3) is 34.0 Å². The van der Waals surface area contributed by atoms with Crippen molar-refractivity contribution in [2.24, 2.45) is 0 Å². The summed E-state index contributed by atoms with van der Waals surface area (Å²) in [6.45, 7) is 18.4. The van der Waals surface area contributed by atoms with Gasteiger partial charge in [-0.15, -0.1) is 35.4 Å². The number of carbonyl (C=O) groups excluding carboxylic acids is 1. The fraction of sp³-hybridized carbons (Fsp3) is 0.277. The Bertz CT molecular complexity index is 3070. The van der Waals surface area contributed by atoms with Gasteiger partial charge < -0.3 is 21.4 Å². The minimum absolute atomic E-state index is 0. The van der Waals surface area contributed by atoms with Gasteiger partial charge in [-0.25, -0.2) is 9.36 Å². The minimum Gasteiger partial charge on any atom is -0.352 e. The summed E-state index contributed by atoms with van der Waals surface area (Å²) in [4.78, 5) is 38.4. The first-order valence-corrected chi connectivity index (χ1v) is 26.8. The topological polar surface area (TPSA) is 154 Å². The quantitative estimate of drug-likeness (QED) is 0.0571. The number of rotatable bonds is 18. The third-order valence-electron chi connectivity index (χ3n) is 13.5. The van der Waals surface area contributed by atoms with E-state index in [4.69, 9.17) is 0 Å². The molecule has 78 heavy (non-hydrogen) atoms. The van der Waals surface area contributed by atoms with Crippen LogP contribution < -0.4 is 25.5 Å². The van der Waals surface area contributed by atoms with Gasteiger partial charge in [0.05, 0.1) is 29.3 Å². The number of urea groups is 1. The van der Waals surface area contributed by atoms with Crippen LogP contribution in [0.3, 0.4) is 0 Å². The van der Waals surface area contributed by atoms with Crippen LogP contribution in [0.2, 0.25) is 0 Å². The second-order valence-electron chi connectivity index (χ2n) is 19.9. The number of benzene rings is 1. The van der Waals surface area contributed by atoms with Gasteiger partial charge in [0.2, 0.25) is 0 Å². The van der Waals surface area contributed by atoms with Gasteiger partial charge in [-0.2, -0.15) is 4.57 Å². The first-order valence-electron chi connectivity index (χ1n) is 26.8. The van der Waals surface area contributed by atoms with Crippen LogP contribution in [0.4, 0.5) is 4.79 Å². The van der Waals surface area contributed by atoms with Gasteiger partial charge in [0.15, 0.2) is 37.9 Å². The molecule has 0 aliphatic carbocycles. The Hall–Kier alpha value is -7.71. The minimum atomic E-state index is -0.185. The normalized spacial score (nSPS) is 11.8. The third kappa shape index (κ3) is 18.8. The van der Waals surface area contributed by atoms with Crippen LogP contribution in [0, 0.1) is 40.7 Å². The van der Waals surface area contributed by atoms with Crippen LogP contribution in [0.15, 0.2) is 183 Å². The summed E-state index contributed by atoms with van der Waals surface area (Å²) in [5.41, 5.74) is 20.6. The zero-order valence-electron chi connectivity index (χ0n) is 46.3. The SMILES string of the molecule is CCC(CC(CC(C)c1cc[n+](CCNC(=O)NCc2cc[c-]c(-c3cc(C)ccn3)c2)cc1)c1cc[n+](CC[NH3+])cc1)c1ccncc1.Cc1ccnc(-c2cc(C)ccn2)c1.Cc1ccnc(-c2cc(C)ccn2)c1.[Os+]. The molecule has 0 bridgehead atoms. The number of nitrogens with zero attached hydrogens (tertiary/aromatic N) is 8. The molecular weight excluding hydrogens is 1140 g/mol. The van der Waals surface area contributed by atoms with Crippen LogP contribution in [-0.2, 0) is 39.4 Å². The van der Waals surface area contributed by atoms with Crippen molar-refractivity contribution in [3.05, 3.63) is 240 Å². The maximum Gasteiger partial charge on any atom is 1.00 e. The van der Waals surface area contributed by atoms with Crippen molar-refractivity contribution in [1.82, 2.24) is 40.5 Å². The number of hydrogen-bond acceptors (Lipinski definition) is 7. The van der Waals surface area contributed by atoms with Gasteiger partial charge in [0.1, 0.15) is 6.54 Å². The molecule has 1 aromatic carbocycles. The zero-order valence-corrected chi connectivity index (χ0v) is 48.8. The molecule has 9 aromatic rings. The average Bonchev–Trinajstić information content (AvgIpc) is 3.45. The Morgan fingerprint density at radius 3 is 1.46 bits per heavy atom. The van der Waals surface area contributed by atoms with Crippen LogP contribution >= 0.6 is 0 Å². The van der Waals surface area contributed by atoms with E-state index in [1.54, 1.807) is 6.20 Å². The monoisotopic (exact) mass is 1220 g/mol. The summed E-state index contributed by atoms with van der Waals surface area (Å²) >= 11 is 0. The maximum atomic E-state index is 12.6. The Labute approximate surface area is 475 Å². The summed E-state index contributed by atoms with van der Waals surface area (Å²) in [7, 11) is 0. The van der Waals surface area contributed by atoms with Crippen molar-refractivity contribution in [2.45, 2.75) is 105 Å². The van der Waals surface area contributed by atoms with Gasteiger partial charge in [-0.3, -0.25) is 24.9 Å². The number of hydrogen-bond donors (Lipinski definition) is 3. The van der Waals surface area contributed by atoms with Gasteiger partial charge in [-0.05, 0) is 183 Å². The number of aromatic nitrogens is 8. The molecule has 2 amide bonds. The molecule has 12 nitrogen and oxygen atoms in total. The second kappa shape index (κ2) is 30.9. The molecule has 8 aromatic heterocycles. The number of pyridine rings is 8. The van der Waals surface area contributed by atoms with Gasteiger partial charge in [-0.1, -0.05) is 25.5 Å². The number of amides is 2. The van der Waals surface area contributed by atoms with Crippen LogP contribution in [0.5, 0.6) is 0 Å². The van der Waals surface area contributed by atoms with Crippen molar-refractivity contribution in [1.29, 1.82) is 0 Å². The Kier molecular flexibility index (Phi) is 23.6. The van der Waals surface area contributed by atoms with Gasteiger partial charge in [0, 0.05) is 74.2 Å². The fourth-order valence-corrected chi connectivity index (χ4v) is 9.17. The third-order valence-corrected chi connectivity index (χ3v) is 13.5. The van der Waals surface area contributed by atoms with E-state index < -0.39 is 0 Å². The van der Waals surface area contributed by atoms with E-state index >= 15 is 0 Å². The first-order chi connectivity index (χ1) is 37.4. The zero-order chi connectivity index (χ0) is 54.4. The maximum absolute atomic E-state index is 12.6. The van der Waals surface area contributed by atoms with E-state index in [9.17, 15) is 4.79 Å². The predicted molar refractivity (Wildman–Crippen MR) is 306 cm³/mol. The Morgan fingerprint density at radius 1 is 0.538 bits per heavy atom. The largest absolute Gasteiger partial charge is 1.00 e. The molecule has 0 aliphatic rings. The molecule has 0 saturated heterocycles. The molecule has 3 atom stereocenters. The smallest absolute Gasteiger partial charge is 0.352 e. The molecule has 8 heterocycles. The van der Waals surface area contributed by atoms with Crippen molar-refractivity contribution < 1.29 is 39.5 Å². The molecule has 3 unspecified atom stereocenters. The van der Waals surface area contributed by atoms with Gasteiger partial charge in [0.25, 0.3) is 0 Å². The van der Waals surface area contributed by atoms with E-state index in [0.717, 1.165) is 77.5 Å². The molecular formula is C65H75N11OOs+3. The number of carbonyl (C=O) groups is 1. The van der Waals surface area contributed by atoms with Crippen molar-refractivity contribution >= 4 is 6.03 Å². The Balaban J connectivity index is 0.000000272. The number of aryl methyl sites for hydroxylation is 5. The molecule has 13 heteroatoms. The van der Waals surface area contributed by atoms with E-state index in [1.165, 1.54) is 38.9 Å². The van der Waals surface area contributed by atoms with Crippen molar-refractivity contribution in [3.63, 3.8) is 0 Å². The number of nitrogens with one attached hydrogen (secondary N) is 2. The Morgan fingerprint density at radius 2 is 0.987 bits per heavy atom. The summed E-state index contributed by atoms with van der Waals surface area (Å²) in [5.74, 6) is 1.30. The second-order valence-corrected chi connectivity index (χ2v) is 19.9. The summed E-state index contributed by atoms with van der Waals surface area (Å²) in [6, 6.07) is 42.4. The predicted octanol–water partition coefficient (Wildman–Crippen LogP) is 10.9. The van der Waals surface area contributed by atoms with Crippen molar-refractivity contribution in [3.8, 4) is 34.0 Å². The van der Waals surface area contributed by atoms with E-state index in [2.05, 4.69) is 164 Å². The fourth-order valence-electron chi connectivity index (χ4n) is 9.17. The summed E-state index contributed by atoms with van der Waals surface area (Å²) < 4.78 is 4.34. The molecule has 9 rings (SSSR count). The molecule has 1 radical (unpaired) electrons. The molecule has 0 saturated carbocycles. The number of quaternary nitrogens is 1. The summed E-state index contributed by atoms with van der Waals surface area (Å²) in [6.07, 6.45) is 24.8. The molecule has 0 spiro atoms. The average molecular weight is 1220 g/mol. The summed E-state index contributed by atoms with van der Waals surface area (Å²) in [5, 5.41) is 5.95. The standard InChI is InChI=1S/C41H49N7O.2C12H12N2.Os/c1-4-34(36-9-16-43-17-10-36)29-39(37-13-22-47(23-14-37)24-15-42)27-32(3)35-11-20-48(21-12-35)25-19-45-41(49)46-30-33-6-5-7-38(28-33)40-26-31(2)8-18-44-40;2*1-9-3-5-13-11(7-9)12-8-10(2)4-6-14-12;/h5-6,8-14,16-18,20-23,26,28,32,34,39H,4,15,19,24-25,27,29-30,42H2,1-3H3,(H-,45,46,49);2*3-8H,1-2H3;/q;;;+1/p+2. The molecule has 401 valence electrons. The molecule has 0 fully saturated rings. The molecule has 0 aliphatic heterocycles. The van der Waals surface area contributed by atoms with Crippen LogP contribution in [-0.4, -0.2) is 49.0 Å². The van der Waals surface area contributed by atoms with Gasteiger partial charge >= 0.3 is 25.8 Å².